The minimum atomic E-state index is 0.356. The maximum Gasteiger partial charge on any atom is 0.120 e. The lowest BCUT2D eigenvalue weighted by atomic mass is 10.0. The molecule has 2 nitrogen and oxygen atoms in total. The van der Waals surface area contributed by atoms with Crippen LogP contribution in [-0.2, 0) is 13.0 Å². The first-order valence-electron chi connectivity index (χ1n) is 10.3. The molecule has 3 aromatic carbocycles. The topological polar surface area (TPSA) is 21.3 Å². The second kappa shape index (κ2) is 8.52. The van der Waals surface area contributed by atoms with Crippen molar-refractivity contribution >= 4 is 5.69 Å². The van der Waals surface area contributed by atoms with Crippen molar-refractivity contribution in [2.24, 2.45) is 0 Å². The zero-order valence-electron chi connectivity index (χ0n) is 16.8. The lowest BCUT2D eigenvalue weighted by Crippen LogP contribution is -2.18. The number of rotatable bonds is 8. The molecule has 0 heterocycles. The number of hydrogen-bond acceptors (Lipinski definition) is 2. The van der Waals surface area contributed by atoms with Crippen LogP contribution in [0.5, 0.6) is 5.75 Å². The molecule has 0 aliphatic heterocycles. The molecular formula is C26H29NO. The molecule has 1 atom stereocenters. The smallest absolute Gasteiger partial charge is 0.120 e. The highest BCUT2D eigenvalue weighted by Crippen LogP contribution is 2.41. The largest absolute Gasteiger partial charge is 0.489 e. The predicted octanol–water partition coefficient (Wildman–Crippen LogP) is 6.49. The van der Waals surface area contributed by atoms with Gasteiger partial charge in [-0.2, -0.15) is 0 Å². The summed E-state index contributed by atoms with van der Waals surface area (Å²) in [6.07, 6.45) is 3.67. The standard InChI is InChI=1S/C26H29NO/c1-19-15-24(23-11-12-23)13-14-26(19)27-20(2)16-22-9-6-10-25(17-22)28-18-21-7-4-3-5-8-21/h3-10,13-15,17,20,23,27H,11-12,16,18H2,1-2H3/t20-/m1/s1. The van der Waals surface area contributed by atoms with Crippen LogP contribution >= 0.6 is 0 Å². The molecule has 1 fully saturated rings. The first-order chi connectivity index (χ1) is 13.7. The van der Waals surface area contributed by atoms with Gasteiger partial charge < -0.3 is 10.1 Å². The fraction of sp³-hybridized carbons (Fsp3) is 0.308. The lowest BCUT2D eigenvalue weighted by Gasteiger charge is -2.18. The summed E-state index contributed by atoms with van der Waals surface area (Å²) in [5.41, 5.74) is 6.56. The monoisotopic (exact) mass is 371 g/mol. The van der Waals surface area contributed by atoms with E-state index in [-0.39, 0.29) is 0 Å². The molecule has 1 aliphatic rings. The number of aryl methyl sites for hydroxylation is 1. The van der Waals surface area contributed by atoms with Crippen molar-refractivity contribution < 1.29 is 4.74 Å². The van der Waals surface area contributed by atoms with Gasteiger partial charge in [0.15, 0.2) is 0 Å². The molecule has 0 amide bonds. The molecule has 0 aromatic heterocycles. The van der Waals surface area contributed by atoms with Crippen LogP contribution in [0.15, 0.2) is 72.8 Å². The summed E-state index contributed by atoms with van der Waals surface area (Å²) in [4.78, 5) is 0. The molecule has 144 valence electrons. The van der Waals surface area contributed by atoms with Crippen LogP contribution < -0.4 is 10.1 Å². The van der Waals surface area contributed by atoms with Crippen molar-refractivity contribution in [2.45, 2.75) is 51.7 Å². The summed E-state index contributed by atoms with van der Waals surface area (Å²) in [7, 11) is 0. The van der Waals surface area contributed by atoms with Crippen LogP contribution in [0.3, 0.4) is 0 Å². The molecule has 3 aromatic rings. The number of anilines is 1. The molecular weight excluding hydrogens is 342 g/mol. The molecule has 28 heavy (non-hydrogen) atoms. The summed E-state index contributed by atoms with van der Waals surface area (Å²) in [6, 6.07) is 26.0. The van der Waals surface area contributed by atoms with E-state index in [1.54, 1.807) is 0 Å². The van der Waals surface area contributed by atoms with Gasteiger partial charge in [0.1, 0.15) is 12.4 Å². The number of ether oxygens (including phenoxy) is 1. The molecule has 0 bridgehead atoms. The van der Waals surface area contributed by atoms with Gasteiger partial charge in [-0.25, -0.2) is 0 Å². The fourth-order valence-corrected chi connectivity index (χ4v) is 3.69. The Labute approximate surface area is 168 Å². The molecule has 1 N–H and O–H groups in total. The van der Waals surface area contributed by atoms with Gasteiger partial charge in [-0.3, -0.25) is 0 Å². The van der Waals surface area contributed by atoms with Crippen LogP contribution in [0, 0.1) is 6.92 Å². The van der Waals surface area contributed by atoms with Gasteiger partial charge in [0.2, 0.25) is 0 Å². The average molecular weight is 372 g/mol. The van der Waals surface area contributed by atoms with Crippen molar-refractivity contribution in [2.75, 3.05) is 5.32 Å². The molecule has 4 rings (SSSR count). The predicted molar refractivity (Wildman–Crippen MR) is 117 cm³/mol. The Morgan fingerprint density at radius 3 is 2.46 bits per heavy atom. The van der Waals surface area contributed by atoms with Crippen LogP contribution in [0.25, 0.3) is 0 Å². The minimum Gasteiger partial charge on any atom is -0.489 e. The van der Waals surface area contributed by atoms with Gasteiger partial charge in [0, 0.05) is 11.7 Å². The normalized spacial score (nSPS) is 14.5. The first kappa shape index (κ1) is 18.6. The highest BCUT2D eigenvalue weighted by molar-refractivity contribution is 5.53. The van der Waals surface area contributed by atoms with E-state index < -0.39 is 0 Å². The van der Waals surface area contributed by atoms with E-state index in [1.807, 2.05) is 24.3 Å². The van der Waals surface area contributed by atoms with Gasteiger partial charge in [-0.1, -0.05) is 54.6 Å². The van der Waals surface area contributed by atoms with Crippen LogP contribution in [0.1, 0.15) is 47.9 Å². The molecule has 0 radical (unpaired) electrons. The van der Waals surface area contributed by atoms with E-state index in [2.05, 4.69) is 67.7 Å². The van der Waals surface area contributed by atoms with E-state index in [9.17, 15) is 0 Å². The zero-order chi connectivity index (χ0) is 19.3. The number of nitrogens with one attached hydrogen (secondary N) is 1. The van der Waals surface area contributed by atoms with Crippen molar-refractivity contribution in [1.82, 2.24) is 0 Å². The quantitative estimate of drug-likeness (QED) is 0.488. The summed E-state index contributed by atoms with van der Waals surface area (Å²) in [5.74, 6) is 1.74. The third kappa shape index (κ3) is 4.95. The molecule has 0 saturated heterocycles. The van der Waals surface area contributed by atoms with E-state index in [0.717, 1.165) is 18.1 Å². The Bertz CT molecular complexity index is 915. The van der Waals surface area contributed by atoms with Crippen molar-refractivity contribution in [3.63, 3.8) is 0 Å². The highest BCUT2D eigenvalue weighted by atomic mass is 16.5. The Kier molecular flexibility index (Phi) is 5.66. The fourth-order valence-electron chi connectivity index (χ4n) is 3.69. The van der Waals surface area contributed by atoms with Crippen LogP contribution in [-0.4, -0.2) is 6.04 Å². The Balaban J connectivity index is 1.34. The lowest BCUT2D eigenvalue weighted by molar-refractivity contribution is 0.306. The van der Waals surface area contributed by atoms with Crippen molar-refractivity contribution in [1.29, 1.82) is 0 Å². The second-order valence-corrected chi connectivity index (χ2v) is 8.02. The van der Waals surface area contributed by atoms with Gasteiger partial charge in [0.25, 0.3) is 0 Å². The molecule has 1 aliphatic carbocycles. The minimum absolute atomic E-state index is 0.356. The van der Waals surface area contributed by atoms with Gasteiger partial charge >= 0.3 is 0 Å². The third-order valence-corrected chi connectivity index (χ3v) is 5.39. The SMILES string of the molecule is Cc1cc(C2CC2)ccc1N[C@H](C)Cc1cccc(OCc2ccccc2)c1. The summed E-state index contributed by atoms with van der Waals surface area (Å²) in [6.45, 7) is 5.05. The number of benzene rings is 3. The molecule has 2 heteroatoms. The number of hydrogen-bond donors (Lipinski definition) is 1. The van der Waals surface area contributed by atoms with E-state index in [0.29, 0.717) is 12.6 Å². The van der Waals surface area contributed by atoms with Gasteiger partial charge in [-0.15, -0.1) is 0 Å². The van der Waals surface area contributed by atoms with Crippen molar-refractivity contribution in [3.8, 4) is 5.75 Å². The summed E-state index contributed by atoms with van der Waals surface area (Å²) in [5, 5.41) is 3.68. The molecule has 0 unspecified atom stereocenters. The first-order valence-corrected chi connectivity index (χ1v) is 10.3. The average Bonchev–Trinajstić information content (AvgIpc) is 3.54. The van der Waals surface area contributed by atoms with E-state index >= 15 is 0 Å². The third-order valence-electron chi connectivity index (χ3n) is 5.39. The summed E-state index contributed by atoms with van der Waals surface area (Å²) >= 11 is 0. The summed E-state index contributed by atoms with van der Waals surface area (Å²) < 4.78 is 5.97. The van der Waals surface area contributed by atoms with Gasteiger partial charge in [0.05, 0.1) is 0 Å². The van der Waals surface area contributed by atoms with E-state index in [1.165, 1.54) is 40.8 Å². The zero-order valence-corrected chi connectivity index (χ0v) is 16.8. The van der Waals surface area contributed by atoms with Crippen LogP contribution in [0.2, 0.25) is 0 Å². The maximum atomic E-state index is 5.97. The Morgan fingerprint density at radius 2 is 1.71 bits per heavy atom. The second-order valence-electron chi connectivity index (χ2n) is 8.02. The van der Waals surface area contributed by atoms with E-state index in [4.69, 9.17) is 4.74 Å². The van der Waals surface area contributed by atoms with Gasteiger partial charge in [-0.05, 0) is 79.5 Å². The molecule has 0 spiro atoms. The highest BCUT2D eigenvalue weighted by Gasteiger charge is 2.23. The van der Waals surface area contributed by atoms with Crippen molar-refractivity contribution in [3.05, 3.63) is 95.1 Å². The maximum absolute atomic E-state index is 5.97. The van der Waals surface area contributed by atoms with Crippen LogP contribution in [0.4, 0.5) is 5.69 Å². The Morgan fingerprint density at radius 1 is 0.929 bits per heavy atom. The Hall–Kier alpha value is -2.74. The molecule has 1 saturated carbocycles.